The van der Waals surface area contributed by atoms with Crippen molar-refractivity contribution in [2.75, 3.05) is 40.9 Å². The van der Waals surface area contributed by atoms with E-state index < -0.39 is 20.0 Å². The lowest BCUT2D eigenvalue weighted by molar-refractivity contribution is -0.870. The number of phosphoric ester groups is 1. The Morgan fingerprint density at radius 2 is 1.07 bits per heavy atom. The summed E-state index contributed by atoms with van der Waals surface area (Å²) in [7, 11) is 1.55. The first-order chi connectivity index (χ1) is 27.0. The van der Waals surface area contributed by atoms with E-state index in [4.69, 9.17) is 9.05 Å². The Hall–Kier alpha value is -1.54. The second kappa shape index (κ2) is 38.9. The first-order valence-corrected chi connectivity index (χ1v) is 24.5. The molecule has 0 rings (SSSR count). The summed E-state index contributed by atoms with van der Waals surface area (Å²) in [5.74, 6) is -0.207. The minimum atomic E-state index is -4.35. The second-order valence-electron chi connectivity index (χ2n) is 16.8. The number of allylic oxidation sites excluding steroid dienone is 7. The van der Waals surface area contributed by atoms with Crippen LogP contribution in [0.4, 0.5) is 0 Å². The molecule has 0 aliphatic carbocycles. The number of nitrogens with zero attached hydrogens (tertiary/aromatic N) is 1. The molecule has 0 saturated carbocycles. The summed E-state index contributed by atoms with van der Waals surface area (Å²) in [6.07, 6.45) is 49.0. The Kier molecular flexibility index (Phi) is 37.9. The number of carbonyl (C=O) groups excluding carboxylic acids is 1. The van der Waals surface area contributed by atoms with Gasteiger partial charge in [-0.25, -0.2) is 4.57 Å². The minimum absolute atomic E-state index is 0.0543. The van der Waals surface area contributed by atoms with Crippen LogP contribution in [0.25, 0.3) is 0 Å². The van der Waals surface area contributed by atoms with Gasteiger partial charge in [-0.1, -0.05) is 184 Å². The van der Waals surface area contributed by atoms with Crippen LogP contribution in [0.1, 0.15) is 194 Å². The van der Waals surface area contributed by atoms with Crippen molar-refractivity contribution in [3.8, 4) is 0 Å². The van der Waals surface area contributed by atoms with Crippen molar-refractivity contribution >= 4 is 13.7 Å². The molecule has 0 aromatic carbocycles. The number of nitrogens with one attached hydrogen (secondary N) is 1. The van der Waals surface area contributed by atoms with Gasteiger partial charge in [-0.3, -0.25) is 13.8 Å². The van der Waals surface area contributed by atoms with Gasteiger partial charge in [0.15, 0.2) is 0 Å². The summed E-state index contributed by atoms with van der Waals surface area (Å²) in [5, 5.41) is 13.8. The molecule has 0 radical (unpaired) electrons. The van der Waals surface area contributed by atoms with Crippen molar-refractivity contribution in [1.82, 2.24) is 5.32 Å². The van der Waals surface area contributed by atoms with Gasteiger partial charge in [0.25, 0.3) is 0 Å². The minimum Gasteiger partial charge on any atom is -0.387 e. The smallest absolute Gasteiger partial charge is 0.387 e. The summed E-state index contributed by atoms with van der Waals surface area (Å²) in [4.78, 5) is 23.1. The number of hydrogen-bond acceptors (Lipinski definition) is 5. The van der Waals surface area contributed by atoms with Crippen molar-refractivity contribution in [2.24, 2.45) is 0 Å². The molecule has 8 nitrogen and oxygen atoms in total. The van der Waals surface area contributed by atoms with Crippen LogP contribution in [0, 0.1) is 0 Å². The van der Waals surface area contributed by atoms with E-state index in [1.54, 1.807) is 6.08 Å². The number of aliphatic hydroxyl groups is 1. The molecule has 0 spiro atoms. The number of rotatable bonds is 41. The summed E-state index contributed by atoms with van der Waals surface area (Å²) < 4.78 is 23.5. The van der Waals surface area contributed by atoms with E-state index in [2.05, 4.69) is 55.6 Å². The highest BCUT2D eigenvalue weighted by Crippen LogP contribution is 2.43. The third-order valence-electron chi connectivity index (χ3n) is 10.1. The summed E-state index contributed by atoms with van der Waals surface area (Å²) in [6, 6.07) is -0.861. The molecule has 0 aliphatic rings. The number of unbranched alkanes of at least 4 members (excludes halogenated alkanes) is 22. The van der Waals surface area contributed by atoms with Gasteiger partial charge in [-0.15, -0.1) is 0 Å². The Bertz CT molecular complexity index is 1050. The van der Waals surface area contributed by atoms with Crippen molar-refractivity contribution in [3.05, 3.63) is 48.6 Å². The highest BCUT2D eigenvalue weighted by atomic mass is 31.2. The lowest BCUT2D eigenvalue weighted by atomic mass is 10.0. The first kappa shape index (κ1) is 54.5. The zero-order chi connectivity index (χ0) is 41.4. The number of hydrogen-bond donors (Lipinski definition) is 3. The van der Waals surface area contributed by atoms with Crippen molar-refractivity contribution < 1.29 is 32.9 Å². The summed E-state index contributed by atoms with van der Waals surface area (Å²) in [6.45, 7) is 4.67. The molecule has 56 heavy (non-hydrogen) atoms. The highest BCUT2D eigenvalue weighted by molar-refractivity contribution is 7.47. The number of phosphoric acid groups is 1. The molecule has 0 aromatic rings. The number of likely N-dealkylation sites (N-methyl/N-ethyl adjacent to an activating group) is 1. The van der Waals surface area contributed by atoms with E-state index in [1.807, 2.05) is 27.2 Å². The van der Waals surface area contributed by atoms with Crippen LogP contribution in [0.5, 0.6) is 0 Å². The van der Waals surface area contributed by atoms with Gasteiger partial charge < -0.3 is 19.8 Å². The normalized spacial score (nSPS) is 14.8. The average Bonchev–Trinajstić information content (AvgIpc) is 3.15. The quantitative estimate of drug-likeness (QED) is 0.0246. The topological polar surface area (TPSA) is 105 Å². The molecule has 0 aromatic heterocycles. The lowest BCUT2D eigenvalue weighted by Gasteiger charge is -2.25. The molecule has 0 aliphatic heterocycles. The fourth-order valence-corrected chi connectivity index (χ4v) is 7.14. The van der Waals surface area contributed by atoms with E-state index in [0.717, 1.165) is 64.2 Å². The van der Waals surface area contributed by atoms with Crippen molar-refractivity contribution in [3.63, 3.8) is 0 Å². The predicted molar refractivity (Wildman–Crippen MR) is 240 cm³/mol. The van der Waals surface area contributed by atoms with Crippen LogP contribution in [0.15, 0.2) is 48.6 Å². The zero-order valence-corrected chi connectivity index (χ0v) is 38.0. The molecule has 328 valence electrons. The molecule has 0 bridgehead atoms. The third kappa shape index (κ3) is 40.6. The van der Waals surface area contributed by atoms with Crippen LogP contribution in [0.2, 0.25) is 0 Å². The van der Waals surface area contributed by atoms with E-state index in [1.165, 1.54) is 109 Å². The van der Waals surface area contributed by atoms with E-state index in [0.29, 0.717) is 17.4 Å². The summed E-state index contributed by atoms with van der Waals surface area (Å²) >= 11 is 0. The number of amides is 1. The molecule has 3 atom stereocenters. The van der Waals surface area contributed by atoms with Gasteiger partial charge in [0.2, 0.25) is 5.91 Å². The van der Waals surface area contributed by atoms with E-state index in [-0.39, 0.29) is 19.1 Å². The molecule has 0 fully saturated rings. The van der Waals surface area contributed by atoms with E-state index >= 15 is 0 Å². The zero-order valence-electron chi connectivity index (χ0n) is 37.1. The largest absolute Gasteiger partial charge is 0.472 e. The van der Waals surface area contributed by atoms with Crippen LogP contribution < -0.4 is 5.32 Å². The van der Waals surface area contributed by atoms with Gasteiger partial charge in [0.1, 0.15) is 13.2 Å². The molecule has 9 heteroatoms. The second-order valence-corrected chi connectivity index (χ2v) is 18.2. The van der Waals surface area contributed by atoms with Crippen LogP contribution in [-0.4, -0.2) is 73.4 Å². The van der Waals surface area contributed by atoms with Gasteiger partial charge in [0, 0.05) is 6.42 Å². The Labute approximate surface area is 346 Å². The number of carbonyl (C=O) groups is 1. The fraction of sp³-hybridized carbons (Fsp3) is 0.809. The van der Waals surface area contributed by atoms with Crippen molar-refractivity contribution in [1.29, 1.82) is 0 Å². The van der Waals surface area contributed by atoms with Gasteiger partial charge in [-0.2, -0.15) is 0 Å². The van der Waals surface area contributed by atoms with E-state index in [9.17, 15) is 19.4 Å². The molecule has 1 amide bonds. The summed E-state index contributed by atoms with van der Waals surface area (Å²) in [5.41, 5.74) is 0. The fourth-order valence-electron chi connectivity index (χ4n) is 6.41. The predicted octanol–water partition coefficient (Wildman–Crippen LogP) is 12.9. The SMILES string of the molecule is CC/C=C\C/C=C\C/C=C\CCCCCC(=O)NC(COP(=O)(O)OCC[N+](C)(C)C)C(O)/C=C/CCCCCCCCCCCCCCCCCCCCC. The molecular weight excluding hydrogens is 719 g/mol. The Morgan fingerprint density at radius 3 is 1.57 bits per heavy atom. The maximum Gasteiger partial charge on any atom is 0.472 e. The molecule has 3 N–H and O–H groups in total. The molecular formula is C47H90N2O6P+. The average molecular weight is 810 g/mol. The van der Waals surface area contributed by atoms with Crippen molar-refractivity contribution in [2.45, 2.75) is 206 Å². The van der Waals surface area contributed by atoms with Crippen LogP contribution in [0.3, 0.4) is 0 Å². The number of aliphatic hydroxyl groups excluding tert-OH is 1. The van der Waals surface area contributed by atoms with Crippen LogP contribution >= 0.6 is 7.82 Å². The van der Waals surface area contributed by atoms with Crippen LogP contribution in [-0.2, 0) is 18.4 Å². The Balaban J connectivity index is 4.39. The van der Waals surface area contributed by atoms with Gasteiger partial charge in [-0.05, 0) is 51.4 Å². The standard InChI is InChI=1S/C47H89N2O6P/c1-6-8-10-12-14-16-18-20-21-22-23-24-25-26-27-29-30-32-34-36-38-40-46(50)45(44-55-56(52,53)54-43-42-49(3,4)5)48-47(51)41-39-37-35-33-31-28-19-17-15-13-11-9-7-2/h9,11,15,17,28,31,38,40,45-46,50H,6-8,10,12-14,16,18-27,29-30,32-37,39,41-44H2,1-5H3,(H-,48,51,52,53)/p+1/b11-9-,17-15-,31-28-,40-38+. The number of quaternary nitrogens is 1. The van der Waals surface area contributed by atoms with Gasteiger partial charge in [0.05, 0.1) is 39.9 Å². The third-order valence-corrected chi connectivity index (χ3v) is 11.0. The maximum atomic E-state index is 12.8. The first-order valence-electron chi connectivity index (χ1n) is 23.0. The maximum absolute atomic E-state index is 12.8. The highest BCUT2D eigenvalue weighted by Gasteiger charge is 2.27. The monoisotopic (exact) mass is 810 g/mol. The lowest BCUT2D eigenvalue weighted by Crippen LogP contribution is -2.45. The Morgan fingerprint density at radius 1 is 0.625 bits per heavy atom. The molecule has 0 heterocycles. The molecule has 3 unspecified atom stereocenters. The van der Waals surface area contributed by atoms with Gasteiger partial charge >= 0.3 is 7.82 Å². The molecule has 0 saturated heterocycles.